The lowest BCUT2D eigenvalue weighted by atomic mass is 9.88. The first-order valence-corrected chi connectivity index (χ1v) is 4.68. The summed E-state index contributed by atoms with van der Waals surface area (Å²) >= 11 is 0. The molecule has 0 aromatic heterocycles. The van der Waals surface area contributed by atoms with E-state index < -0.39 is 6.09 Å². The van der Waals surface area contributed by atoms with Crippen molar-refractivity contribution in [2.75, 3.05) is 6.61 Å². The second kappa shape index (κ2) is 3.96. The third-order valence-electron chi connectivity index (χ3n) is 2.78. The van der Waals surface area contributed by atoms with E-state index in [0.29, 0.717) is 0 Å². The number of rotatable bonds is 1. The van der Waals surface area contributed by atoms with E-state index in [1.807, 2.05) is 13.8 Å². The van der Waals surface area contributed by atoms with Crippen LogP contribution in [0.15, 0.2) is 0 Å². The predicted molar refractivity (Wildman–Crippen MR) is 48.6 cm³/mol. The summed E-state index contributed by atoms with van der Waals surface area (Å²) in [6.45, 7) is 3.96. The zero-order valence-corrected chi connectivity index (χ0v) is 8.10. The predicted octanol–water partition coefficient (Wildman–Crippen LogP) is 1.15. The number of nitrogens with zero attached hydrogens (tertiary/aromatic N) is 1. The number of aliphatic hydroxyl groups excluding tert-OH is 1. The fourth-order valence-corrected chi connectivity index (χ4v) is 2.25. The first kappa shape index (κ1) is 10.3. The van der Waals surface area contributed by atoms with Crippen molar-refractivity contribution >= 4 is 6.09 Å². The Labute approximate surface area is 78.2 Å². The minimum atomic E-state index is -0.851. The highest BCUT2D eigenvalue weighted by atomic mass is 16.4. The summed E-state index contributed by atoms with van der Waals surface area (Å²) in [7, 11) is 0. The van der Waals surface area contributed by atoms with E-state index >= 15 is 0 Å². The van der Waals surface area contributed by atoms with E-state index in [4.69, 9.17) is 10.2 Å². The Kier molecular flexibility index (Phi) is 3.14. The monoisotopic (exact) mass is 187 g/mol. The Balaban J connectivity index is 2.64. The summed E-state index contributed by atoms with van der Waals surface area (Å²) in [5, 5.41) is 17.9. The molecule has 4 heteroatoms. The van der Waals surface area contributed by atoms with E-state index in [-0.39, 0.29) is 24.6 Å². The summed E-state index contributed by atoms with van der Waals surface area (Å²) in [4.78, 5) is 12.3. The van der Waals surface area contributed by atoms with Crippen LogP contribution in [0.25, 0.3) is 0 Å². The number of hydrogen-bond donors (Lipinski definition) is 2. The van der Waals surface area contributed by atoms with Crippen LogP contribution in [0, 0.1) is 5.92 Å². The van der Waals surface area contributed by atoms with Crippen molar-refractivity contribution < 1.29 is 15.0 Å². The van der Waals surface area contributed by atoms with E-state index in [2.05, 4.69) is 0 Å². The van der Waals surface area contributed by atoms with Crippen LogP contribution in [-0.4, -0.2) is 39.9 Å². The van der Waals surface area contributed by atoms with Crippen molar-refractivity contribution in [2.24, 2.45) is 5.92 Å². The van der Waals surface area contributed by atoms with Gasteiger partial charge in [-0.2, -0.15) is 0 Å². The lowest BCUT2D eigenvalue weighted by Crippen LogP contribution is -2.49. The third-order valence-corrected chi connectivity index (χ3v) is 2.78. The highest BCUT2D eigenvalue weighted by molar-refractivity contribution is 5.66. The molecule has 1 aliphatic heterocycles. The molecule has 1 fully saturated rings. The normalized spacial score (nSPS) is 34.7. The standard InChI is InChI=1S/C9H17NO3/c1-6-3-8(5-11)4-7(2)10(6)9(12)13/h6-8,11H,3-5H2,1-2H3,(H,12,13)/t6-,7+,8+. The van der Waals surface area contributed by atoms with E-state index in [0.717, 1.165) is 12.8 Å². The number of carbonyl (C=O) groups is 1. The maximum Gasteiger partial charge on any atom is 0.407 e. The molecule has 1 heterocycles. The molecule has 1 rings (SSSR count). The molecule has 0 saturated carbocycles. The van der Waals surface area contributed by atoms with Gasteiger partial charge in [-0.05, 0) is 32.6 Å². The molecule has 1 amide bonds. The SMILES string of the molecule is C[C@@H]1C[C@H](CO)C[C@H](C)N1C(=O)O. The van der Waals surface area contributed by atoms with E-state index in [9.17, 15) is 4.79 Å². The number of hydrogen-bond acceptors (Lipinski definition) is 2. The smallest absolute Gasteiger partial charge is 0.407 e. The molecule has 4 nitrogen and oxygen atoms in total. The molecule has 0 aromatic carbocycles. The fraction of sp³-hybridized carbons (Fsp3) is 0.889. The van der Waals surface area contributed by atoms with Crippen molar-refractivity contribution in [2.45, 2.75) is 38.8 Å². The highest BCUT2D eigenvalue weighted by Crippen LogP contribution is 2.27. The minimum absolute atomic E-state index is 0.0263. The number of aliphatic hydroxyl groups is 1. The van der Waals surface area contributed by atoms with Crippen LogP contribution in [-0.2, 0) is 0 Å². The van der Waals surface area contributed by atoms with Gasteiger partial charge >= 0.3 is 6.09 Å². The van der Waals surface area contributed by atoms with Crippen LogP contribution >= 0.6 is 0 Å². The fourth-order valence-electron chi connectivity index (χ4n) is 2.25. The van der Waals surface area contributed by atoms with Gasteiger partial charge in [0.05, 0.1) is 0 Å². The Bertz CT molecular complexity index is 183. The van der Waals surface area contributed by atoms with E-state index in [1.54, 1.807) is 0 Å². The molecule has 76 valence electrons. The molecule has 1 saturated heterocycles. The lowest BCUT2D eigenvalue weighted by molar-refractivity contribution is 0.0474. The maximum absolute atomic E-state index is 10.8. The van der Waals surface area contributed by atoms with Crippen LogP contribution < -0.4 is 0 Å². The molecule has 0 bridgehead atoms. The number of piperidine rings is 1. The minimum Gasteiger partial charge on any atom is -0.465 e. The highest BCUT2D eigenvalue weighted by Gasteiger charge is 2.33. The molecular formula is C9H17NO3. The number of likely N-dealkylation sites (tertiary alicyclic amines) is 1. The Morgan fingerprint density at radius 2 is 1.85 bits per heavy atom. The molecule has 0 spiro atoms. The Morgan fingerprint density at radius 1 is 1.38 bits per heavy atom. The molecule has 0 unspecified atom stereocenters. The second-order valence-corrected chi connectivity index (χ2v) is 3.91. The van der Waals surface area contributed by atoms with Crippen LogP contribution in [0.4, 0.5) is 4.79 Å². The van der Waals surface area contributed by atoms with Crippen molar-refractivity contribution in [3.05, 3.63) is 0 Å². The summed E-state index contributed by atoms with van der Waals surface area (Å²) < 4.78 is 0. The van der Waals surface area contributed by atoms with Gasteiger partial charge in [-0.15, -0.1) is 0 Å². The van der Waals surface area contributed by atoms with Gasteiger partial charge in [0.15, 0.2) is 0 Å². The number of amides is 1. The average Bonchev–Trinajstić information content (AvgIpc) is 2.02. The van der Waals surface area contributed by atoms with Crippen molar-refractivity contribution in [1.82, 2.24) is 4.90 Å². The molecular weight excluding hydrogens is 170 g/mol. The Morgan fingerprint density at radius 3 is 2.15 bits per heavy atom. The average molecular weight is 187 g/mol. The zero-order valence-electron chi connectivity index (χ0n) is 8.10. The molecule has 1 aliphatic rings. The first-order valence-electron chi connectivity index (χ1n) is 4.68. The van der Waals surface area contributed by atoms with Gasteiger partial charge in [0, 0.05) is 18.7 Å². The van der Waals surface area contributed by atoms with Gasteiger partial charge in [-0.3, -0.25) is 0 Å². The summed E-state index contributed by atoms with van der Waals surface area (Å²) in [6, 6.07) is 0.0526. The first-order chi connectivity index (χ1) is 6.06. The van der Waals surface area contributed by atoms with Crippen molar-refractivity contribution in [3.8, 4) is 0 Å². The molecule has 0 aromatic rings. The van der Waals surface area contributed by atoms with Gasteiger partial charge < -0.3 is 15.1 Å². The number of carboxylic acid groups (broad SMARTS) is 1. The third kappa shape index (κ3) is 2.12. The van der Waals surface area contributed by atoms with Crippen molar-refractivity contribution in [1.29, 1.82) is 0 Å². The summed E-state index contributed by atoms with van der Waals surface area (Å²) in [5.74, 6) is 0.264. The molecule has 0 radical (unpaired) electrons. The van der Waals surface area contributed by atoms with Gasteiger partial charge in [0.25, 0.3) is 0 Å². The van der Waals surface area contributed by atoms with Crippen molar-refractivity contribution in [3.63, 3.8) is 0 Å². The van der Waals surface area contributed by atoms with Gasteiger partial charge in [-0.1, -0.05) is 0 Å². The van der Waals surface area contributed by atoms with Gasteiger partial charge in [-0.25, -0.2) is 4.79 Å². The lowest BCUT2D eigenvalue weighted by Gasteiger charge is -2.40. The van der Waals surface area contributed by atoms with Crippen LogP contribution in [0.3, 0.4) is 0 Å². The Hall–Kier alpha value is -0.770. The largest absolute Gasteiger partial charge is 0.465 e. The van der Waals surface area contributed by atoms with Gasteiger partial charge in [0.2, 0.25) is 0 Å². The molecule has 0 aliphatic carbocycles. The van der Waals surface area contributed by atoms with E-state index in [1.165, 1.54) is 4.90 Å². The van der Waals surface area contributed by atoms with Gasteiger partial charge in [0.1, 0.15) is 0 Å². The second-order valence-electron chi connectivity index (χ2n) is 3.91. The summed E-state index contributed by atoms with van der Waals surface area (Å²) in [5.41, 5.74) is 0. The zero-order chi connectivity index (χ0) is 10.0. The summed E-state index contributed by atoms with van der Waals surface area (Å²) in [6.07, 6.45) is 0.691. The van der Waals surface area contributed by atoms with Crippen LogP contribution in [0.5, 0.6) is 0 Å². The maximum atomic E-state index is 10.8. The van der Waals surface area contributed by atoms with Crippen LogP contribution in [0.1, 0.15) is 26.7 Å². The van der Waals surface area contributed by atoms with Crippen LogP contribution in [0.2, 0.25) is 0 Å². The molecule has 3 atom stereocenters. The quantitative estimate of drug-likeness (QED) is 0.647. The topological polar surface area (TPSA) is 60.8 Å². The molecule has 13 heavy (non-hydrogen) atoms. The molecule has 2 N–H and O–H groups in total.